The number of carbonyl (C=O) groups excluding carboxylic acids is 1. The molecule has 1 aliphatic heterocycles. The number of benzene rings is 2. The first kappa shape index (κ1) is 19.2. The number of fused-ring (bicyclic) bond motifs is 1. The average molecular weight is 440 g/mol. The highest BCUT2D eigenvalue weighted by Gasteiger charge is 2.34. The summed E-state index contributed by atoms with van der Waals surface area (Å²) in [6.45, 7) is 7.07. The molecular formula is C23H26BrN3O. The second-order valence-electron chi connectivity index (χ2n) is 8.11. The van der Waals surface area contributed by atoms with Crippen LogP contribution in [0, 0.1) is 11.8 Å². The number of nitrogens with zero attached hydrogens (tertiary/aromatic N) is 2. The Hall–Kier alpha value is -2.14. The molecular weight excluding hydrogens is 414 g/mol. The molecule has 2 heterocycles. The molecule has 0 bridgehead atoms. The highest BCUT2D eigenvalue weighted by Crippen LogP contribution is 2.34. The number of aromatic nitrogens is 2. The Bertz CT molecular complexity index is 1010. The van der Waals surface area contributed by atoms with Crippen LogP contribution < -0.4 is 0 Å². The van der Waals surface area contributed by atoms with Gasteiger partial charge in [-0.25, -0.2) is 4.98 Å². The molecule has 3 aromatic rings. The summed E-state index contributed by atoms with van der Waals surface area (Å²) >= 11 is 3.52. The molecule has 1 fully saturated rings. The molecule has 0 radical (unpaired) electrons. The number of halogens is 1. The van der Waals surface area contributed by atoms with Crippen molar-refractivity contribution >= 4 is 32.6 Å². The van der Waals surface area contributed by atoms with Crippen LogP contribution in [0.25, 0.3) is 22.0 Å². The van der Waals surface area contributed by atoms with Crippen molar-refractivity contribution in [3.8, 4) is 11.3 Å². The number of hydrogen-bond acceptors (Lipinski definition) is 2. The van der Waals surface area contributed by atoms with E-state index >= 15 is 0 Å². The Labute approximate surface area is 174 Å². The smallest absolute Gasteiger partial charge is 0.226 e. The number of amides is 1. The van der Waals surface area contributed by atoms with E-state index in [4.69, 9.17) is 0 Å². The third-order valence-corrected chi connectivity index (χ3v) is 6.44. The molecule has 2 atom stereocenters. The van der Waals surface area contributed by atoms with Gasteiger partial charge in [0.25, 0.3) is 0 Å². The molecule has 0 spiro atoms. The third-order valence-electron chi connectivity index (χ3n) is 5.95. The Balaban J connectivity index is 1.60. The minimum absolute atomic E-state index is 0.0369. The SMILES string of the molecule is CC(C)C(C)C(=O)N1CCCC1c1ncc(-c2ccc3cc(Br)ccc3c2)[nH]1. The molecule has 2 unspecified atom stereocenters. The zero-order chi connectivity index (χ0) is 19.8. The summed E-state index contributed by atoms with van der Waals surface area (Å²) in [5, 5.41) is 2.40. The topological polar surface area (TPSA) is 49.0 Å². The molecule has 1 saturated heterocycles. The molecule has 0 saturated carbocycles. The molecule has 2 aromatic carbocycles. The van der Waals surface area contributed by atoms with E-state index in [2.05, 4.69) is 76.1 Å². The van der Waals surface area contributed by atoms with Crippen LogP contribution in [0.2, 0.25) is 0 Å². The van der Waals surface area contributed by atoms with Crippen LogP contribution in [0.3, 0.4) is 0 Å². The third kappa shape index (κ3) is 3.60. The molecule has 146 valence electrons. The highest BCUT2D eigenvalue weighted by molar-refractivity contribution is 9.10. The number of hydrogen-bond donors (Lipinski definition) is 1. The number of likely N-dealkylation sites (tertiary alicyclic amines) is 1. The fraction of sp³-hybridized carbons (Fsp3) is 0.391. The molecule has 1 amide bonds. The number of rotatable bonds is 4. The van der Waals surface area contributed by atoms with Crippen molar-refractivity contribution < 1.29 is 4.79 Å². The van der Waals surface area contributed by atoms with E-state index in [1.807, 2.05) is 18.0 Å². The Morgan fingerprint density at radius 3 is 2.71 bits per heavy atom. The quantitative estimate of drug-likeness (QED) is 0.545. The Morgan fingerprint density at radius 2 is 1.93 bits per heavy atom. The van der Waals surface area contributed by atoms with Gasteiger partial charge < -0.3 is 9.88 Å². The van der Waals surface area contributed by atoms with Gasteiger partial charge in [-0.05, 0) is 47.7 Å². The number of imidazole rings is 1. The zero-order valence-electron chi connectivity index (χ0n) is 16.6. The van der Waals surface area contributed by atoms with Crippen molar-refractivity contribution in [1.29, 1.82) is 0 Å². The van der Waals surface area contributed by atoms with Gasteiger partial charge in [0.2, 0.25) is 5.91 Å². The van der Waals surface area contributed by atoms with E-state index in [9.17, 15) is 4.79 Å². The summed E-state index contributed by atoms with van der Waals surface area (Å²) in [6.07, 6.45) is 3.89. The number of H-pyrrole nitrogens is 1. The second-order valence-corrected chi connectivity index (χ2v) is 9.03. The molecule has 0 aliphatic carbocycles. The van der Waals surface area contributed by atoms with Crippen LogP contribution in [0.5, 0.6) is 0 Å². The lowest BCUT2D eigenvalue weighted by molar-refractivity contribution is -0.137. The molecule has 5 heteroatoms. The van der Waals surface area contributed by atoms with E-state index in [1.165, 1.54) is 10.8 Å². The van der Waals surface area contributed by atoms with Gasteiger partial charge in [0.15, 0.2) is 0 Å². The van der Waals surface area contributed by atoms with E-state index in [0.717, 1.165) is 40.9 Å². The molecule has 4 rings (SSSR count). The van der Waals surface area contributed by atoms with Crippen LogP contribution in [0.15, 0.2) is 47.1 Å². The first-order valence-electron chi connectivity index (χ1n) is 9.99. The predicted molar refractivity (Wildman–Crippen MR) is 117 cm³/mol. The predicted octanol–water partition coefficient (Wildman–Crippen LogP) is 5.95. The van der Waals surface area contributed by atoms with Crippen LogP contribution in [0.4, 0.5) is 0 Å². The van der Waals surface area contributed by atoms with Crippen molar-refractivity contribution in [2.75, 3.05) is 6.54 Å². The first-order valence-corrected chi connectivity index (χ1v) is 10.8. The summed E-state index contributed by atoms with van der Waals surface area (Å²) in [7, 11) is 0. The van der Waals surface area contributed by atoms with Gasteiger partial charge in [-0.15, -0.1) is 0 Å². The highest BCUT2D eigenvalue weighted by atomic mass is 79.9. The second kappa shape index (κ2) is 7.70. The van der Waals surface area contributed by atoms with Crippen molar-refractivity contribution in [2.24, 2.45) is 11.8 Å². The molecule has 1 N–H and O–H groups in total. The van der Waals surface area contributed by atoms with Gasteiger partial charge in [-0.3, -0.25) is 4.79 Å². The van der Waals surface area contributed by atoms with Gasteiger partial charge in [-0.1, -0.05) is 54.9 Å². The van der Waals surface area contributed by atoms with Crippen LogP contribution >= 0.6 is 15.9 Å². The average Bonchev–Trinajstić information content (AvgIpc) is 3.35. The Kier molecular flexibility index (Phi) is 5.28. The van der Waals surface area contributed by atoms with E-state index in [0.29, 0.717) is 5.92 Å². The van der Waals surface area contributed by atoms with Crippen LogP contribution in [-0.2, 0) is 4.79 Å². The maximum Gasteiger partial charge on any atom is 0.226 e. The lowest BCUT2D eigenvalue weighted by atomic mass is 9.96. The van der Waals surface area contributed by atoms with Crippen molar-refractivity contribution in [1.82, 2.24) is 14.9 Å². The van der Waals surface area contributed by atoms with Gasteiger partial charge in [0, 0.05) is 22.5 Å². The number of nitrogens with one attached hydrogen (secondary N) is 1. The lowest BCUT2D eigenvalue weighted by Crippen LogP contribution is -2.36. The normalized spacial score (nSPS) is 18.2. The Morgan fingerprint density at radius 1 is 1.18 bits per heavy atom. The van der Waals surface area contributed by atoms with Gasteiger partial charge >= 0.3 is 0 Å². The fourth-order valence-electron chi connectivity index (χ4n) is 3.90. The maximum atomic E-state index is 12.9. The summed E-state index contributed by atoms with van der Waals surface area (Å²) in [5.41, 5.74) is 2.11. The van der Waals surface area contributed by atoms with Gasteiger partial charge in [0.05, 0.1) is 17.9 Å². The molecule has 1 aromatic heterocycles. The van der Waals surface area contributed by atoms with Gasteiger partial charge in [-0.2, -0.15) is 0 Å². The van der Waals surface area contributed by atoms with Crippen molar-refractivity contribution in [3.63, 3.8) is 0 Å². The van der Waals surface area contributed by atoms with Crippen molar-refractivity contribution in [2.45, 2.75) is 39.7 Å². The number of carbonyl (C=O) groups is 1. The summed E-state index contributed by atoms with van der Waals surface area (Å²) < 4.78 is 1.08. The van der Waals surface area contributed by atoms with Gasteiger partial charge in [0.1, 0.15) is 5.82 Å². The monoisotopic (exact) mass is 439 g/mol. The van der Waals surface area contributed by atoms with E-state index in [1.54, 1.807) is 0 Å². The molecule has 1 aliphatic rings. The van der Waals surface area contributed by atoms with Crippen LogP contribution in [0.1, 0.15) is 45.5 Å². The van der Waals surface area contributed by atoms with E-state index < -0.39 is 0 Å². The lowest BCUT2D eigenvalue weighted by Gasteiger charge is -2.27. The first-order chi connectivity index (χ1) is 13.4. The summed E-state index contributed by atoms with van der Waals surface area (Å²) in [4.78, 5) is 23.1. The molecule has 28 heavy (non-hydrogen) atoms. The molecule has 4 nitrogen and oxygen atoms in total. The fourth-order valence-corrected chi connectivity index (χ4v) is 4.28. The summed E-state index contributed by atoms with van der Waals surface area (Å²) in [6, 6.07) is 12.8. The van der Waals surface area contributed by atoms with Crippen LogP contribution in [-0.4, -0.2) is 27.3 Å². The van der Waals surface area contributed by atoms with E-state index in [-0.39, 0.29) is 17.9 Å². The zero-order valence-corrected chi connectivity index (χ0v) is 18.2. The minimum Gasteiger partial charge on any atom is -0.340 e. The minimum atomic E-state index is 0.0369. The maximum absolute atomic E-state index is 12.9. The standard InChI is InChI=1S/C23H26BrN3O/c1-14(2)15(3)23(28)27-10-4-5-21(27)22-25-13-20(26-22)18-7-6-17-12-19(24)9-8-16(17)11-18/h6-9,11-15,21H,4-5,10H2,1-3H3,(H,25,26). The van der Waals surface area contributed by atoms with Crippen molar-refractivity contribution in [3.05, 3.63) is 52.9 Å². The largest absolute Gasteiger partial charge is 0.340 e. The summed E-state index contributed by atoms with van der Waals surface area (Å²) in [5.74, 6) is 1.52. The number of aromatic amines is 1.